The van der Waals surface area contributed by atoms with E-state index in [0.717, 1.165) is 32.1 Å². The molecule has 0 aromatic carbocycles. The number of amides is 1. The molecule has 1 N–H and O–H groups in total. The number of aliphatic hydroxyl groups excluding tert-OH is 1. The van der Waals surface area contributed by atoms with Gasteiger partial charge in [0.2, 0.25) is 5.91 Å². The Kier molecular flexibility index (Phi) is 1.91. The van der Waals surface area contributed by atoms with Gasteiger partial charge in [0.05, 0.1) is 0 Å². The summed E-state index contributed by atoms with van der Waals surface area (Å²) in [6.07, 6.45) is 5.42. The Hall–Kier alpha value is -0.570. The van der Waals surface area contributed by atoms with Gasteiger partial charge in [0.15, 0.2) is 0 Å². The average molecular weight is 209 g/mol. The van der Waals surface area contributed by atoms with Crippen LogP contribution in [0.5, 0.6) is 0 Å². The molecule has 2 heterocycles. The van der Waals surface area contributed by atoms with Crippen molar-refractivity contribution in [1.29, 1.82) is 0 Å². The smallest absolute Gasteiger partial charge is 0.229 e. The molecule has 1 amide bonds. The molecule has 3 unspecified atom stereocenters. The third-order valence-corrected chi connectivity index (χ3v) is 4.65. The van der Waals surface area contributed by atoms with Crippen LogP contribution in [0, 0.1) is 11.3 Å². The number of hydrogen-bond acceptors (Lipinski definition) is 2. The molecule has 0 aromatic heterocycles. The van der Waals surface area contributed by atoms with Crippen molar-refractivity contribution in [3.05, 3.63) is 0 Å². The maximum Gasteiger partial charge on any atom is 0.229 e. The Labute approximate surface area is 90.5 Å². The second-order valence-corrected chi connectivity index (χ2v) is 5.75. The van der Waals surface area contributed by atoms with Crippen LogP contribution < -0.4 is 0 Å². The summed E-state index contributed by atoms with van der Waals surface area (Å²) in [4.78, 5) is 14.4. The minimum atomic E-state index is -0.0365. The van der Waals surface area contributed by atoms with Crippen LogP contribution in [0.15, 0.2) is 0 Å². The van der Waals surface area contributed by atoms with Crippen LogP contribution in [-0.2, 0) is 4.79 Å². The van der Waals surface area contributed by atoms with E-state index in [9.17, 15) is 9.90 Å². The first-order valence-corrected chi connectivity index (χ1v) is 6.09. The third kappa shape index (κ3) is 1.25. The highest BCUT2D eigenvalue weighted by Gasteiger charge is 2.55. The highest BCUT2D eigenvalue weighted by atomic mass is 16.3. The minimum absolute atomic E-state index is 0.0365. The first-order valence-electron chi connectivity index (χ1n) is 6.09. The number of fused-ring (bicyclic) bond motifs is 2. The van der Waals surface area contributed by atoms with E-state index in [1.807, 2.05) is 0 Å². The first-order chi connectivity index (χ1) is 7.15. The molecule has 2 saturated heterocycles. The van der Waals surface area contributed by atoms with Crippen LogP contribution in [0.4, 0.5) is 0 Å². The summed E-state index contributed by atoms with van der Waals surface area (Å²) in [5.41, 5.74) is -0.0365. The van der Waals surface area contributed by atoms with Gasteiger partial charge in [-0.25, -0.2) is 0 Å². The van der Waals surface area contributed by atoms with Gasteiger partial charge in [0.1, 0.15) is 0 Å². The van der Waals surface area contributed by atoms with Gasteiger partial charge in [-0.15, -0.1) is 0 Å². The van der Waals surface area contributed by atoms with Gasteiger partial charge >= 0.3 is 0 Å². The second kappa shape index (κ2) is 2.97. The molecule has 3 heteroatoms. The van der Waals surface area contributed by atoms with Gasteiger partial charge in [-0.3, -0.25) is 4.79 Å². The Bertz CT molecular complexity index is 298. The molecule has 3 atom stereocenters. The highest BCUT2D eigenvalue weighted by molar-refractivity contribution is 5.86. The van der Waals surface area contributed by atoms with Crippen LogP contribution >= 0.6 is 0 Å². The molecule has 1 aliphatic carbocycles. The fraction of sp³-hybridized carbons (Fsp3) is 0.917. The topological polar surface area (TPSA) is 40.5 Å². The lowest BCUT2D eigenvalue weighted by Crippen LogP contribution is -2.40. The molecule has 0 aromatic rings. The second-order valence-electron chi connectivity index (χ2n) is 5.75. The zero-order valence-electron chi connectivity index (χ0n) is 9.28. The van der Waals surface area contributed by atoms with Crippen molar-refractivity contribution in [3.8, 4) is 0 Å². The third-order valence-electron chi connectivity index (χ3n) is 4.65. The molecule has 3 fully saturated rings. The summed E-state index contributed by atoms with van der Waals surface area (Å²) in [5.74, 6) is 0.723. The molecule has 0 spiro atoms. The SMILES string of the molecule is CC1(C(=O)N2C3CCC2C(CO)C3)CC1. The van der Waals surface area contributed by atoms with Gasteiger partial charge in [-0.05, 0) is 32.1 Å². The Morgan fingerprint density at radius 3 is 2.73 bits per heavy atom. The number of carbonyl (C=O) groups is 1. The van der Waals surface area contributed by atoms with Crippen LogP contribution in [-0.4, -0.2) is 34.6 Å². The maximum absolute atomic E-state index is 12.3. The number of carbonyl (C=O) groups excluding carboxylic acids is 1. The monoisotopic (exact) mass is 209 g/mol. The average Bonchev–Trinajstić information content (AvgIpc) is 2.77. The summed E-state index contributed by atoms with van der Waals surface area (Å²) >= 11 is 0. The zero-order chi connectivity index (χ0) is 10.6. The van der Waals surface area contributed by atoms with Gasteiger partial charge in [0.25, 0.3) is 0 Å². The molecular formula is C12H19NO2. The van der Waals surface area contributed by atoms with Crippen LogP contribution in [0.3, 0.4) is 0 Å². The van der Waals surface area contributed by atoms with Gasteiger partial charge in [0, 0.05) is 30.0 Å². The van der Waals surface area contributed by atoms with Crippen molar-refractivity contribution in [2.45, 2.75) is 51.1 Å². The van der Waals surface area contributed by atoms with E-state index in [2.05, 4.69) is 11.8 Å². The largest absolute Gasteiger partial charge is 0.396 e. The van der Waals surface area contributed by atoms with Crippen LogP contribution in [0.1, 0.15) is 39.0 Å². The summed E-state index contributed by atoms with van der Waals surface area (Å²) in [7, 11) is 0. The van der Waals surface area contributed by atoms with E-state index in [1.54, 1.807) is 0 Å². The lowest BCUT2D eigenvalue weighted by atomic mass is 9.90. The molecular weight excluding hydrogens is 190 g/mol. The van der Waals surface area contributed by atoms with E-state index in [1.165, 1.54) is 0 Å². The predicted molar refractivity (Wildman–Crippen MR) is 56.2 cm³/mol. The molecule has 2 aliphatic heterocycles. The highest BCUT2D eigenvalue weighted by Crippen LogP contribution is 2.51. The van der Waals surface area contributed by atoms with Crippen molar-refractivity contribution in [2.24, 2.45) is 11.3 Å². The molecule has 3 rings (SSSR count). The van der Waals surface area contributed by atoms with Crippen molar-refractivity contribution < 1.29 is 9.90 Å². The number of rotatable bonds is 2. The molecule has 2 bridgehead atoms. The predicted octanol–water partition coefficient (Wildman–Crippen LogP) is 1.16. The van der Waals surface area contributed by atoms with Gasteiger partial charge in [-0.1, -0.05) is 6.92 Å². The summed E-state index contributed by atoms with van der Waals surface area (Å²) < 4.78 is 0. The Balaban J connectivity index is 1.80. The number of nitrogens with zero attached hydrogens (tertiary/aromatic N) is 1. The number of aliphatic hydroxyl groups is 1. The van der Waals surface area contributed by atoms with E-state index in [4.69, 9.17) is 0 Å². The Morgan fingerprint density at radius 2 is 2.20 bits per heavy atom. The Morgan fingerprint density at radius 1 is 1.47 bits per heavy atom. The zero-order valence-corrected chi connectivity index (χ0v) is 9.28. The summed E-state index contributed by atoms with van der Waals surface area (Å²) in [6, 6.07) is 0.794. The molecule has 0 radical (unpaired) electrons. The fourth-order valence-corrected chi connectivity index (χ4v) is 3.34. The summed E-state index contributed by atoms with van der Waals surface area (Å²) in [6.45, 7) is 2.34. The summed E-state index contributed by atoms with van der Waals surface area (Å²) in [5, 5.41) is 9.27. The quantitative estimate of drug-likeness (QED) is 0.741. The van der Waals surface area contributed by atoms with Crippen LogP contribution in [0.2, 0.25) is 0 Å². The number of hydrogen-bond donors (Lipinski definition) is 1. The molecule has 3 nitrogen and oxygen atoms in total. The molecule has 1 saturated carbocycles. The lowest BCUT2D eigenvalue weighted by Gasteiger charge is -2.26. The van der Waals surface area contributed by atoms with Gasteiger partial charge in [-0.2, -0.15) is 0 Å². The van der Waals surface area contributed by atoms with Gasteiger partial charge < -0.3 is 10.0 Å². The van der Waals surface area contributed by atoms with Crippen molar-refractivity contribution in [1.82, 2.24) is 4.90 Å². The van der Waals surface area contributed by atoms with E-state index >= 15 is 0 Å². The van der Waals surface area contributed by atoms with Crippen LogP contribution in [0.25, 0.3) is 0 Å². The molecule has 3 aliphatic rings. The van der Waals surface area contributed by atoms with E-state index in [-0.39, 0.29) is 12.0 Å². The van der Waals surface area contributed by atoms with E-state index < -0.39 is 0 Å². The fourth-order valence-electron chi connectivity index (χ4n) is 3.34. The lowest BCUT2D eigenvalue weighted by molar-refractivity contribution is -0.137. The molecule has 15 heavy (non-hydrogen) atoms. The van der Waals surface area contributed by atoms with E-state index in [0.29, 0.717) is 23.9 Å². The minimum Gasteiger partial charge on any atom is -0.396 e. The normalized spacial score (nSPS) is 40.9. The standard InChI is InChI=1S/C12H19NO2/c1-12(4-5-12)11(15)13-9-2-3-10(13)8(6-9)7-14/h8-10,14H,2-7H2,1H3. The van der Waals surface area contributed by atoms with Crippen molar-refractivity contribution in [2.75, 3.05) is 6.61 Å². The molecule has 84 valence electrons. The maximum atomic E-state index is 12.3. The first kappa shape index (κ1) is 9.64. The van der Waals surface area contributed by atoms with Crippen molar-refractivity contribution >= 4 is 5.91 Å². The van der Waals surface area contributed by atoms with Crippen molar-refractivity contribution in [3.63, 3.8) is 0 Å².